The molecule has 3 N–H and O–H groups in total. The molecule has 0 aliphatic rings. The zero-order valence-electron chi connectivity index (χ0n) is 9.47. The van der Waals surface area contributed by atoms with Crippen LogP contribution in [-0.4, -0.2) is 46.1 Å². The van der Waals surface area contributed by atoms with Gasteiger partial charge in [0.15, 0.2) is 0 Å². The first-order valence-electron chi connectivity index (χ1n) is 4.93. The van der Waals surface area contributed by atoms with Crippen LogP contribution in [0, 0.1) is 0 Å². The summed E-state index contributed by atoms with van der Waals surface area (Å²) >= 11 is 0. The number of carbonyl (C=O) groups is 1. The zero-order chi connectivity index (χ0) is 12.0. The highest BCUT2D eigenvalue weighted by Gasteiger charge is 2.19. The summed E-state index contributed by atoms with van der Waals surface area (Å²) in [5.74, 6) is -0.265. The van der Waals surface area contributed by atoms with E-state index >= 15 is 0 Å². The van der Waals surface area contributed by atoms with E-state index < -0.39 is 12.5 Å². The molecule has 0 bridgehead atoms. The van der Waals surface area contributed by atoms with E-state index in [2.05, 4.69) is 11.9 Å². The van der Waals surface area contributed by atoms with E-state index in [1.165, 1.54) is 11.0 Å². The second-order valence-electron chi connectivity index (χ2n) is 3.57. The summed E-state index contributed by atoms with van der Waals surface area (Å²) in [6.07, 6.45) is -0.327. The Labute approximate surface area is 90.4 Å². The third kappa shape index (κ3) is 5.51. The highest BCUT2D eigenvalue weighted by molar-refractivity contribution is 5.87. The largest absolute Gasteiger partial charge is 0.379 e. The molecule has 0 aromatic rings. The quantitative estimate of drug-likeness (QED) is 0.419. The number of amides is 1. The second kappa shape index (κ2) is 6.55. The number of hydrogen-bond donors (Lipinski definition) is 3. The molecule has 0 saturated carbocycles. The summed E-state index contributed by atoms with van der Waals surface area (Å²) < 4.78 is 0. The van der Waals surface area contributed by atoms with Crippen LogP contribution in [0.5, 0.6) is 0 Å². The van der Waals surface area contributed by atoms with Crippen molar-refractivity contribution in [3.63, 3.8) is 0 Å². The van der Waals surface area contributed by atoms with Crippen LogP contribution in [0.15, 0.2) is 12.7 Å². The lowest BCUT2D eigenvalue weighted by Crippen LogP contribution is -2.48. The molecule has 88 valence electrons. The van der Waals surface area contributed by atoms with Crippen LogP contribution in [0.4, 0.5) is 0 Å². The number of aliphatic hydroxyl groups excluding tert-OH is 2. The van der Waals surface area contributed by atoms with Gasteiger partial charge < -0.3 is 15.5 Å². The van der Waals surface area contributed by atoms with E-state index in [4.69, 9.17) is 0 Å². The Hall–Kier alpha value is -0.910. The lowest BCUT2D eigenvalue weighted by Gasteiger charge is -2.30. The molecule has 0 fully saturated rings. The van der Waals surface area contributed by atoms with Crippen molar-refractivity contribution < 1.29 is 15.0 Å². The van der Waals surface area contributed by atoms with Crippen LogP contribution in [0.25, 0.3) is 0 Å². The van der Waals surface area contributed by atoms with Crippen molar-refractivity contribution >= 4 is 5.91 Å². The normalized spacial score (nSPS) is 16.9. The summed E-state index contributed by atoms with van der Waals surface area (Å²) in [7, 11) is 0. The minimum atomic E-state index is -0.756. The van der Waals surface area contributed by atoms with Crippen LogP contribution < -0.4 is 5.32 Å². The Balaban J connectivity index is 4.17. The Morgan fingerprint density at radius 1 is 1.40 bits per heavy atom. The van der Waals surface area contributed by atoms with Gasteiger partial charge in [-0.3, -0.25) is 9.69 Å². The number of hydrogen-bond acceptors (Lipinski definition) is 4. The zero-order valence-corrected chi connectivity index (χ0v) is 9.47. The molecule has 0 radical (unpaired) electrons. The fraction of sp³-hybridized carbons (Fsp3) is 0.700. The molecule has 5 heteroatoms. The van der Waals surface area contributed by atoms with E-state index in [1.807, 2.05) is 0 Å². The average Bonchev–Trinajstić information content (AvgIpc) is 2.12. The highest BCUT2D eigenvalue weighted by Crippen LogP contribution is 2.02. The molecule has 0 heterocycles. The van der Waals surface area contributed by atoms with Gasteiger partial charge in [-0.15, -0.1) is 0 Å². The molecule has 1 amide bonds. The first-order valence-corrected chi connectivity index (χ1v) is 4.93. The summed E-state index contributed by atoms with van der Waals surface area (Å²) in [4.78, 5) is 12.4. The van der Waals surface area contributed by atoms with Gasteiger partial charge in [0.05, 0.1) is 0 Å². The maximum Gasteiger partial charge on any atom is 0.243 e. The maximum absolute atomic E-state index is 11.0. The van der Waals surface area contributed by atoms with Gasteiger partial charge in [-0.2, -0.15) is 0 Å². The summed E-state index contributed by atoms with van der Waals surface area (Å²) in [6, 6.07) is -0.167. The molecule has 15 heavy (non-hydrogen) atoms. The van der Waals surface area contributed by atoms with Gasteiger partial charge in [0.25, 0.3) is 0 Å². The summed E-state index contributed by atoms with van der Waals surface area (Å²) in [5.41, 5.74) is 0. The highest BCUT2D eigenvalue weighted by atomic mass is 16.3. The molecule has 0 aromatic carbocycles. The Bertz CT molecular complexity index is 209. The van der Waals surface area contributed by atoms with Crippen LogP contribution in [-0.2, 0) is 4.79 Å². The van der Waals surface area contributed by atoms with Crippen molar-refractivity contribution in [3.8, 4) is 0 Å². The molecule has 0 aliphatic heterocycles. The molecule has 0 rings (SSSR count). The number of rotatable bonds is 6. The topological polar surface area (TPSA) is 72.8 Å². The average molecular weight is 216 g/mol. The predicted octanol–water partition coefficient (Wildman–Crippen LogP) is -0.344. The van der Waals surface area contributed by atoms with E-state index in [0.717, 1.165) is 0 Å². The molecule has 0 spiro atoms. The van der Waals surface area contributed by atoms with Crippen molar-refractivity contribution in [2.75, 3.05) is 6.54 Å². The lowest BCUT2D eigenvalue weighted by atomic mass is 10.3. The lowest BCUT2D eigenvalue weighted by molar-refractivity contribution is -0.118. The van der Waals surface area contributed by atoms with Crippen molar-refractivity contribution in [1.82, 2.24) is 10.2 Å². The fourth-order valence-corrected chi connectivity index (χ4v) is 1.28. The van der Waals surface area contributed by atoms with Gasteiger partial charge in [-0.1, -0.05) is 6.58 Å². The van der Waals surface area contributed by atoms with E-state index in [1.54, 1.807) is 20.8 Å². The standard InChI is InChI=1S/C10H20N2O3/c1-5-10(15)11-7(2)6-12(8(3)13)9(4)14/h5,7-9,13-14H,1,6H2,2-4H3,(H,11,15). The fourth-order valence-electron chi connectivity index (χ4n) is 1.28. The van der Waals surface area contributed by atoms with Gasteiger partial charge in [0.1, 0.15) is 12.5 Å². The molecule has 0 aromatic heterocycles. The van der Waals surface area contributed by atoms with Crippen LogP contribution in [0.3, 0.4) is 0 Å². The smallest absolute Gasteiger partial charge is 0.243 e. The monoisotopic (exact) mass is 216 g/mol. The van der Waals surface area contributed by atoms with Crippen molar-refractivity contribution in [2.45, 2.75) is 39.3 Å². The molecule has 0 aliphatic carbocycles. The van der Waals surface area contributed by atoms with Crippen molar-refractivity contribution in [1.29, 1.82) is 0 Å². The first kappa shape index (κ1) is 14.1. The minimum absolute atomic E-state index is 0.167. The Morgan fingerprint density at radius 3 is 2.20 bits per heavy atom. The van der Waals surface area contributed by atoms with Gasteiger partial charge >= 0.3 is 0 Å². The van der Waals surface area contributed by atoms with Crippen LogP contribution >= 0.6 is 0 Å². The Morgan fingerprint density at radius 2 is 1.87 bits per heavy atom. The molecule has 5 nitrogen and oxygen atoms in total. The molecular formula is C10H20N2O3. The number of carbonyl (C=O) groups excluding carboxylic acids is 1. The second-order valence-corrected chi connectivity index (χ2v) is 3.57. The van der Waals surface area contributed by atoms with E-state index in [-0.39, 0.29) is 11.9 Å². The molecule has 3 unspecified atom stereocenters. The number of nitrogens with one attached hydrogen (secondary N) is 1. The van der Waals surface area contributed by atoms with Gasteiger partial charge in [-0.05, 0) is 26.8 Å². The SMILES string of the molecule is C=CC(=O)NC(C)CN(C(C)O)C(C)O. The van der Waals surface area contributed by atoms with Crippen molar-refractivity contribution in [2.24, 2.45) is 0 Å². The first-order chi connectivity index (χ1) is 6.88. The number of aliphatic hydroxyl groups is 2. The van der Waals surface area contributed by atoms with Gasteiger partial charge in [0.2, 0.25) is 5.91 Å². The molecular weight excluding hydrogens is 196 g/mol. The predicted molar refractivity (Wildman–Crippen MR) is 57.9 cm³/mol. The van der Waals surface area contributed by atoms with Crippen molar-refractivity contribution in [3.05, 3.63) is 12.7 Å². The molecule has 3 atom stereocenters. The summed E-state index contributed by atoms with van der Waals surface area (Å²) in [5, 5.41) is 21.4. The van der Waals surface area contributed by atoms with Gasteiger partial charge in [-0.25, -0.2) is 0 Å². The third-order valence-electron chi connectivity index (χ3n) is 2.02. The Kier molecular flexibility index (Phi) is 6.15. The molecule has 0 saturated heterocycles. The third-order valence-corrected chi connectivity index (χ3v) is 2.02. The van der Waals surface area contributed by atoms with E-state index in [0.29, 0.717) is 6.54 Å². The van der Waals surface area contributed by atoms with Crippen LogP contribution in [0.2, 0.25) is 0 Å². The number of nitrogens with zero attached hydrogens (tertiary/aromatic N) is 1. The minimum Gasteiger partial charge on any atom is -0.379 e. The maximum atomic E-state index is 11.0. The van der Waals surface area contributed by atoms with Gasteiger partial charge in [0, 0.05) is 12.6 Å². The van der Waals surface area contributed by atoms with E-state index in [9.17, 15) is 15.0 Å². The summed E-state index contributed by atoms with van der Waals surface area (Å²) in [6.45, 7) is 8.63. The van der Waals surface area contributed by atoms with Crippen LogP contribution in [0.1, 0.15) is 20.8 Å².